The topological polar surface area (TPSA) is 122 Å². The van der Waals surface area contributed by atoms with Crippen LogP contribution in [0.3, 0.4) is 0 Å². The number of alkyl halides is 3. The first-order valence-corrected chi connectivity index (χ1v) is 15.9. The predicted octanol–water partition coefficient (Wildman–Crippen LogP) is 5.49. The highest BCUT2D eigenvalue weighted by Crippen LogP contribution is 2.31. The first kappa shape index (κ1) is 31.4. The predicted molar refractivity (Wildman–Crippen MR) is 157 cm³/mol. The number of nitrogens with one attached hydrogen (secondary N) is 2. The van der Waals surface area contributed by atoms with E-state index in [1.165, 1.54) is 30.3 Å². The molecule has 14 heteroatoms. The van der Waals surface area contributed by atoms with Crippen molar-refractivity contribution >= 4 is 43.0 Å². The van der Waals surface area contributed by atoms with Gasteiger partial charge < -0.3 is 10.1 Å². The number of anilines is 3. The summed E-state index contributed by atoms with van der Waals surface area (Å²) in [7, 11) is -8.11. The second kappa shape index (κ2) is 12.8. The van der Waals surface area contributed by atoms with Crippen LogP contribution in [0, 0.1) is 0 Å². The Balaban J connectivity index is 1.39. The maximum absolute atomic E-state index is 13.0. The van der Waals surface area contributed by atoms with Crippen molar-refractivity contribution in [2.45, 2.75) is 17.7 Å². The zero-order chi connectivity index (χ0) is 31.3. The Bertz CT molecular complexity index is 1780. The summed E-state index contributed by atoms with van der Waals surface area (Å²) in [6.45, 7) is -0.250. The van der Waals surface area contributed by atoms with Crippen LogP contribution in [0.5, 0.6) is 5.75 Å². The molecule has 0 fully saturated rings. The minimum atomic E-state index is -4.64. The molecule has 4 rings (SSSR count). The molecule has 0 bridgehead atoms. The molecule has 0 aliphatic rings. The SMILES string of the molecule is CS(=O)(=O)N(CC(=O)Nc1ccc(S(=O)(=O)Nc2cccc(C(F)(F)F)c2)cc1)c1ccc(OCc2ccccc2)cc1. The zero-order valence-corrected chi connectivity index (χ0v) is 24.2. The normalized spacial score (nSPS) is 11.9. The quantitative estimate of drug-likeness (QED) is 0.225. The fourth-order valence-electron chi connectivity index (χ4n) is 3.87. The number of hydrogen-bond acceptors (Lipinski definition) is 6. The molecule has 0 radical (unpaired) electrons. The van der Waals surface area contributed by atoms with Crippen LogP contribution in [0.2, 0.25) is 0 Å². The van der Waals surface area contributed by atoms with Crippen LogP contribution in [0.15, 0.2) is 108 Å². The molecule has 0 heterocycles. The summed E-state index contributed by atoms with van der Waals surface area (Å²) in [6.07, 6.45) is -3.69. The van der Waals surface area contributed by atoms with E-state index in [1.54, 1.807) is 12.1 Å². The van der Waals surface area contributed by atoms with Gasteiger partial charge in [0.15, 0.2) is 0 Å². The van der Waals surface area contributed by atoms with Gasteiger partial charge in [0.1, 0.15) is 18.9 Å². The smallest absolute Gasteiger partial charge is 0.416 e. The fraction of sp³-hybridized carbons (Fsp3) is 0.138. The average Bonchev–Trinajstić information content (AvgIpc) is 2.95. The molecule has 1 amide bonds. The number of carbonyl (C=O) groups is 1. The first-order valence-electron chi connectivity index (χ1n) is 12.6. The summed E-state index contributed by atoms with van der Waals surface area (Å²) in [5.74, 6) is -0.198. The number of sulfonamides is 2. The Morgan fingerprint density at radius 3 is 2.07 bits per heavy atom. The van der Waals surface area contributed by atoms with Gasteiger partial charge in [-0.2, -0.15) is 13.2 Å². The molecule has 0 aromatic heterocycles. The van der Waals surface area contributed by atoms with Crippen molar-refractivity contribution < 1.29 is 39.5 Å². The van der Waals surface area contributed by atoms with Crippen molar-refractivity contribution in [2.75, 3.05) is 27.1 Å². The molecule has 0 spiro atoms. The van der Waals surface area contributed by atoms with Crippen molar-refractivity contribution in [2.24, 2.45) is 0 Å². The lowest BCUT2D eigenvalue weighted by atomic mass is 10.2. The van der Waals surface area contributed by atoms with Crippen molar-refractivity contribution in [1.82, 2.24) is 0 Å². The second-order valence-corrected chi connectivity index (χ2v) is 12.9. The van der Waals surface area contributed by atoms with E-state index in [-0.39, 0.29) is 22.0 Å². The molecule has 226 valence electrons. The van der Waals surface area contributed by atoms with E-state index in [1.807, 2.05) is 30.3 Å². The third-order valence-corrected chi connectivity index (χ3v) is 8.49. The summed E-state index contributed by atoms with van der Waals surface area (Å²) in [5.41, 5.74) is 0.0664. The molecule has 43 heavy (non-hydrogen) atoms. The van der Waals surface area contributed by atoms with E-state index >= 15 is 0 Å². The van der Waals surface area contributed by atoms with E-state index < -0.39 is 44.2 Å². The molecule has 0 aliphatic carbocycles. The maximum Gasteiger partial charge on any atom is 0.416 e. The Kier molecular flexibility index (Phi) is 9.30. The van der Waals surface area contributed by atoms with Crippen LogP contribution in [-0.4, -0.2) is 35.5 Å². The number of carbonyl (C=O) groups excluding carboxylic acids is 1. The molecule has 0 saturated carbocycles. The summed E-state index contributed by atoms with van der Waals surface area (Å²) in [5, 5.41) is 2.51. The van der Waals surface area contributed by atoms with Crippen LogP contribution in [0.25, 0.3) is 0 Å². The number of nitrogens with zero attached hydrogens (tertiary/aromatic N) is 1. The van der Waals surface area contributed by atoms with Crippen LogP contribution >= 0.6 is 0 Å². The van der Waals surface area contributed by atoms with E-state index in [4.69, 9.17) is 4.74 Å². The van der Waals surface area contributed by atoms with Gasteiger partial charge in [-0.3, -0.25) is 13.8 Å². The van der Waals surface area contributed by atoms with Crippen molar-refractivity contribution in [3.8, 4) is 5.75 Å². The zero-order valence-electron chi connectivity index (χ0n) is 22.6. The van der Waals surface area contributed by atoms with Crippen LogP contribution in [0.1, 0.15) is 11.1 Å². The molecule has 0 atom stereocenters. The fourth-order valence-corrected chi connectivity index (χ4v) is 5.78. The lowest BCUT2D eigenvalue weighted by molar-refractivity contribution is -0.137. The summed E-state index contributed by atoms with van der Waals surface area (Å²) in [4.78, 5) is 12.5. The number of amides is 1. The van der Waals surface area contributed by atoms with E-state index in [9.17, 15) is 34.8 Å². The van der Waals surface area contributed by atoms with Gasteiger partial charge in [-0.15, -0.1) is 0 Å². The largest absolute Gasteiger partial charge is 0.489 e. The van der Waals surface area contributed by atoms with Crippen LogP contribution in [0.4, 0.5) is 30.2 Å². The maximum atomic E-state index is 13.0. The monoisotopic (exact) mass is 633 g/mol. The number of hydrogen-bond donors (Lipinski definition) is 2. The highest BCUT2D eigenvalue weighted by molar-refractivity contribution is 7.92. The molecule has 0 aliphatic heterocycles. The van der Waals surface area contributed by atoms with E-state index in [2.05, 4.69) is 10.0 Å². The summed E-state index contributed by atoms with van der Waals surface area (Å²) < 4.78 is 97.9. The van der Waals surface area contributed by atoms with Crippen molar-refractivity contribution in [3.63, 3.8) is 0 Å². The number of benzene rings is 4. The minimum absolute atomic E-state index is 0.168. The third-order valence-electron chi connectivity index (χ3n) is 5.95. The Hall–Kier alpha value is -4.56. The standard InChI is InChI=1S/C29H26F3N3O6S2/c1-42(37,38)35(25-12-14-26(15-13-25)41-20-21-6-3-2-4-7-21)19-28(36)33-23-10-16-27(17-11-23)43(39,40)34-24-9-5-8-22(18-24)29(30,31)32/h2-18,34H,19-20H2,1H3,(H,33,36). The first-order chi connectivity index (χ1) is 20.2. The Morgan fingerprint density at radius 1 is 0.814 bits per heavy atom. The lowest BCUT2D eigenvalue weighted by Gasteiger charge is -2.22. The van der Waals surface area contributed by atoms with Crippen molar-refractivity contribution in [3.05, 3.63) is 114 Å². The molecule has 9 nitrogen and oxygen atoms in total. The minimum Gasteiger partial charge on any atom is -0.489 e. The van der Waals surface area contributed by atoms with Gasteiger partial charge in [-0.05, 0) is 72.3 Å². The van der Waals surface area contributed by atoms with Crippen LogP contribution < -0.4 is 19.1 Å². The van der Waals surface area contributed by atoms with Gasteiger partial charge in [0.2, 0.25) is 15.9 Å². The van der Waals surface area contributed by atoms with Gasteiger partial charge in [0.05, 0.1) is 22.4 Å². The Morgan fingerprint density at radius 2 is 1.47 bits per heavy atom. The molecular weight excluding hydrogens is 607 g/mol. The highest BCUT2D eigenvalue weighted by atomic mass is 32.2. The molecule has 0 saturated heterocycles. The van der Waals surface area contributed by atoms with Gasteiger partial charge in [0, 0.05) is 11.4 Å². The summed E-state index contributed by atoms with van der Waals surface area (Å²) >= 11 is 0. The van der Waals surface area contributed by atoms with E-state index in [0.29, 0.717) is 18.4 Å². The molecular formula is C29H26F3N3O6S2. The molecule has 4 aromatic rings. The number of ether oxygens (including phenoxy) is 1. The van der Waals surface area contributed by atoms with Gasteiger partial charge >= 0.3 is 6.18 Å². The molecule has 2 N–H and O–H groups in total. The Labute approximate surface area is 247 Å². The van der Waals surface area contributed by atoms with Gasteiger partial charge in [-0.25, -0.2) is 16.8 Å². The van der Waals surface area contributed by atoms with Crippen molar-refractivity contribution in [1.29, 1.82) is 0 Å². The molecule has 0 unspecified atom stereocenters. The van der Waals surface area contributed by atoms with Crippen LogP contribution in [-0.2, 0) is 37.6 Å². The average molecular weight is 634 g/mol. The summed E-state index contributed by atoms with van der Waals surface area (Å²) in [6, 6.07) is 24.2. The van der Waals surface area contributed by atoms with E-state index in [0.717, 1.165) is 40.4 Å². The highest BCUT2D eigenvalue weighted by Gasteiger charge is 2.31. The van der Waals surface area contributed by atoms with Gasteiger partial charge in [-0.1, -0.05) is 36.4 Å². The number of rotatable bonds is 11. The third kappa shape index (κ3) is 8.72. The van der Waals surface area contributed by atoms with Gasteiger partial charge in [0.25, 0.3) is 10.0 Å². The number of halogens is 3. The lowest BCUT2D eigenvalue weighted by Crippen LogP contribution is -2.37. The second-order valence-electron chi connectivity index (χ2n) is 9.29. The molecule has 4 aromatic carbocycles.